The average Bonchev–Trinajstić information content (AvgIpc) is 2.40. The average molecular weight is 254 g/mol. The lowest BCUT2D eigenvalue weighted by atomic mass is 9.98. The van der Waals surface area contributed by atoms with Gasteiger partial charge in [0.1, 0.15) is 0 Å². The second kappa shape index (κ2) is 7.43. The molecule has 0 aliphatic carbocycles. The van der Waals surface area contributed by atoms with E-state index in [2.05, 4.69) is 34.4 Å². The molecule has 18 heavy (non-hydrogen) atoms. The molecule has 0 radical (unpaired) electrons. The summed E-state index contributed by atoms with van der Waals surface area (Å²) in [5, 5.41) is 7.10. The smallest absolute Gasteiger partial charge is 0.0193 e. The van der Waals surface area contributed by atoms with E-state index in [1.807, 2.05) is 0 Å². The van der Waals surface area contributed by atoms with E-state index in [0.29, 0.717) is 6.04 Å². The zero-order valence-electron chi connectivity index (χ0n) is 12.1. The Hall–Kier alpha value is -0.160. The quantitative estimate of drug-likeness (QED) is 0.734. The van der Waals surface area contributed by atoms with E-state index in [9.17, 15) is 0 Å². The van der Waals surface area contributed by atoms with Gasteiger partial charge < -0.3 is 15.5 Å². The van der Waals surface area contributed by atoms with Crippen LogP contribution in [0.5, 0.6) is 0 Å². The predicted octanol–water partition coefficient (Wildman–Crippen LogP) is 0.212. The van der Waals surface area contributed by atoms with Crippen molar-refractivity contribution in [2.45, 2.75) is 25.8 Å². The Kier molecular flexibility index (Phi) is 5.89. The molecule has 2 unspecified atom stereocenters. The van der Waals surface area contributed by atoms with Crippen LogP contribution in [0.2, 0.25) is 0 Å². The summed E-state index contributed by atoms with van der Waals surface area (Å²) in [5.74, 6) is 0.860. The normalized spacial score (nSPS) is 29.3. The van der Waals surface area contributed by atoms with Crippen molar-refractivity contribution in [3.63, 3.8) is 0 Å². The molecule has 0 spiro atoms. The Balaban J connectivity index is 1.59. The summed E-state index contributed by atoms with van der Waals surface area (Å²) in [6.07, 6.45) is 2.77. The maximum Gasteiger partial charge on any atom is 0.0193 e. The van der Waals surface area contributed by atoms with Crippen LogP contribution in [-0.2, 0) is 0 Å². The van der Waals surface area contributed by atoms with Gasteiger partial charge in [-0.3, -0.25) is 4.90 Å². The Bertz CT molecular complexity index is 228. The molecule has 0 aromatic heterocycles. The first kappa shape index (κ1) is 14.3. The van der Waals surface area contributed by atoms with Crippen LogP contribution in [0.1, 0.15) is 19.8 Å². The van der Waals surface area contributed by atoms with Gasteiger partial charge in [-0.1, -0.05) is 0 Å². The number of rotatable bonds is 5. The Morgan fingerprint density at radius 2 is 2.06 bits per heavy atom. The maximum absolute atomic E-state index is 3.68. The summed E-state index contributed by atoms with van der Waals surface area (Å²) < 4.78 is 0. The van der Waals surface area contributed by atoms with E-state index in [1.165, 1.54) is 45.6 Å². The zero-order chi connectivity index (χ0) is 12.8. The summed E-state index contributed by atoms with van der Waals surface area (Å²) in [6, 6.07) is 0.674. The first-order valence-corrected chi connectivity index (χ1v) is 7.59. The number of hydrogen-bond donors (Lipinski definition) is 2. The lowest BCUT2D eigenvalue weighted by Crippen LogP contribution is -2.50. The van der Waals surface area contributed by atoms with Crippen molar-refractivity contribution in [1.29, 1.82) is 0 Å². The minimum Gasteiger partial charge on any atom is -0.315 e. The molecule has 2 fully saturated rings. The Morgan fingerprint density at radius 3 is 2.78 bits per heavy atom. The van der Waals surface area contributed by atoms with Gasteiger partial charge in [-0.15, -0.1) is 0 Å². The van der Waals surface area contributed by atoms with Gasteiger partial charge in [-0.2, -0.15) is 0 Å². The van der Waals surface area contributed by atoms with Crippen LogP contribution in [0.25, 0.3) is 0 Å². The van der Waals surface area contributed by atoms with Gasteiger partial charge in [0.25, 0.3) is 0 Å². The molecule has 106 valence electrons. The third-order valence-corrected chi connectivity index (χ3v) is 4.37. The highest BCUT2D eigenvalue weighted by Crippen LogP contribution is 2.13. The van der Waals surface area contributed by atoms with Crippen molar-refractivity contribution in [3.05, 3.63) is 0 Å². The standard InChI is InChI=1S/C14H30N4/c1-13(18-8-5-15-6-9-18)10-16-11-14-4-3-7-17(2)12-14/h13-16H,3-12H2,1-2H3. The molecular formula is C14H30N4. The highest BCUT2D eigenvalue weighted by Gasteiger charge is 2.18. The summed E-state index contributed by atoms with van der Waals surface area (Å²) in [7, 11) is 2.25. The molecule has 2 rings (SSSR count). The van der Waals surface area contributed by atoms with Crippen molar-refractivity contribution in [2.75, 3.05) is 59.4 Å². The minimum absolute atomic E-state index is 0.674. The lowest BCUT2D eigenvalue weighted by molar-refractivity contribution is 0.171. The number of nitrogens with one attached hydrogen (secondary N) is 2. The van der Waals surface area contributed by atoms with Crippen molar-refractivity contribution >= 4 is 0 Å². The second-order valence-electron chi connectivity index (χ2n) is 6.06. The van der Waals surface area contributed by atoms with Crippen LogP contribution in [0.15, 0.2) is 0 Å². The van der Waals surface area contributed by atoms with E-state index in [1.54, 1.807) is 0 Å². The molecule has 2 saturated heterocycles. The molecule has 0 aromatic carbocycles. The van der Waals surface area contributed by atoms with Crippen LogP contribution >= 0.6 is 0 Å². The van der Waals surface area contributed by atoms with Crippen LogP contribution < -0.4 is 10.6 Å². The first-order valence-electron chi connectivity index (χ1n) is 7.59. The van der Waals surface area contributed by atoms with Crippen LogP contribution in [0.4, 0.5) is 0 Å². The monoisotopic (exact) mass is 254 g/mol. The summed E-state index contributed by atoms with van der Waals surface area (Å²) in [4.78, 5) is 5.06. The van der Waals surface area contributed by atoms with E-state index in [-0.39, 0.29) is 0 Å². The lowest BCUT2D eigenvalue weighted by Gasteiger charge is -2.34. The van der Waals surface area contributed by atoms with E-state index in [0.717, 1.165) is 25.6 Å². The first-order chi connectivity index (χ1) is 8.75. The third kappa shape index (κ3) is 4.50. The van der Waals surface area contributed by atoms with Crippen molar-refractivity contribution in [2.24, 2.45) is 5.92 Å². The van der Waals surface area contributed by atoms with Gasteiger partial charge >= 0.3 is 0 Å². The number of piperidine rings is 1. The van der Waals surface area contributed by atoms with E-state index >= 15 is 0 Å². The van der Waals surface area contributed by atoms with Gasteiger partial charge in [0.2, 0.25) is 0 Å². The minimum atomic E-state index is 0.674. The molecule has 0 saturated carbocycles. The molecule has 2 aliphatic heterocycles. The molecule has 0 amide bonds. The van der Waals surface area contributed by atoms with Crippen LogP contribution in [0.3, 0.4) is 0 Å². The number of nitrogens with zero attached hydrogens (tertiary/aromatic N) is 2. The van der Waals surface area contributed by atoms with Gasteiger partial charge in [0.05, 0.1) is 0 Å². The number of hydrogen-bond acceptors (Lipinski definition) is 4. The summed E-state index contributed by atoms with van der Waals surface area (Å²) in [5.41, 5.74) is 0. The zero-order valence-corrected chi connectivity index (χ0v) is 12.1. The van der Waals surface area contributed by atoms with E-state index in [4.69, 9.17) is 0 Å². The molecule has 2 heterocycles. The third-order valence-electron chi connectivity index (χ3n) is 4.37. The van der Waals surface area contributed by atoms with Crippen molar-refractivity contribution < 1.29 is 0 Å². The largest absolute Gasteiger partial charge is 0.315 e. The number of likely N-dealkylation sites (tertiary alicyclic amines) is 1. The molecule has 2 aliphatic rings. The summed E-state index contributed by atoms with van der Waals surface area (Å²) >= 11 is 0. The van der Waals surface area contributed by atoms with Crippen molar-refractivity contribution in [3.8, 4) is 0 Å². The van der Waals surface area contributed by atoms with Crippen LogP contribution in [0, 0.1) is 5.92 Å². The highest BCUT2D eigenvalue weighted by atomic mass is 15.2. The van der Waals surface area contributed by atoms with Crippen molar-refractivity contribution in [1.82, 2.24) is 20.4 Å². The molecule has 2 N–H and O–H groups in total. The topological polar surface area (TPSA) is 30.5 Å². The number of piperazine rings is 1. The fourth-order valence-corrected chi connectivity index (χ4v) is 3.19. The molecule has 2 atom stereocenters. The SMILES string of the molecule is CC(CNCC1CCCN(C)C1)N1CCNCC1. The van der Waals surface area contributed by atoms with Crippen LogP contribution in [-0.4, -0.2) is 75.2 Å². The Labute approximate surface area is 112 Å². The van der Waals surface area contributed by atoms with Gasteiger partial charge in [0.15, 0.2) is 0 Å². The second-order valence-corrected chi connectivity index (χ2v) is 6.06. The highest BCUT2D eigenvalue weighted by molar-refractivity contribution is 4.77. The fourth-order valence-electron chi connectivity index (χ4n) is 3.19. The van der Waals surface area contributed by atoms with Gasteiger partial charge in [-0.05, 0) is 45.8 Å². The van der Waals surface area contributed by atoms with E-state index < -0.39 is 0 Å². The molecule has 4 heteroatoms. The molecular weight excluding hydrogens is 224 g/mol. The van der Waals surface area contributed by atoms with Gasteiger partial charge in [-0.25, -0.2) is 0 Å². The summed E-state index contributed by atoms with van der Waals surface area (Å²) in [6.45, 7) is 12.0. The van der Waals surface area contributed by atoms with Gasteiger partial charge in [0, 0.05) is 45.3 Å². The molecule has 0 aromatic rings. The molecule has 0 bridgehead atoms. The fraction of sp³-hybridized carbons (Fsp3) is 1.00. The Morgan fingerprint density at radius 1 is 1.28 bits per heavy atom. The molecule has 4 nitrogen and oxygen atoms in total. The predicted molar refractivity (Wildman–Crippen MR) is 77.0 cm³/mol. The maximum atomic E-state index is 3.68.